The Morgan fingerprint density at radius 1 is 1.13 bits per heavy atom. The molecule has 0 fully saturated rings. The van der Waals surface area contributed by atoms with Gasteiger partial charge in [0.05, 0.1) is 5.69 Å². The Morgan fingerprint density at radius 2 is 1.97 bits per heavy atom. The molecular formula is C25H31N5O. The number of pyridine rings is 2. The quantitative estimate of drug-likeness (QED) is 0.485. The van der Waals surface area contributed by atoms with E-state index in [-0.39, 0.29) is 5.56 Å². The second-order valence-corrected chi connectivity index (χ2v) is 7.67. The lowest BCUT2D eigenvalue weighted by atomic mass is 10.1. The van der Waals surface area contributed by atoms with Gasteiger partial charge in [-0.05, 0) is 62.3 Å². The Hall–Kier alpha value is -3.25. The van der Waals surface area contributed by atoms with Crippen molar-refractivity contribution in [2.75, 3.05) is 32.0 Å². The zero-order chi connectivity index (χ0) is 22.2. The fourth-order valence-electron chi connectivity index (χ4n) is 3.51. The van der Waals surface area contributed by atoms with E-state index in [0.717, 1.165) is 60.7 Å². The number of likely N-dealkylation sites (N-methyl/N-ethyl adjacent to an activating group) is 1. The Balaban J connectivity index is 1.78. The van der Waals surface area contributed by atoms with E-state index >= 15 is 0 Å². The maximum Gasteiger partial charge on any atom is 0.255 e. The highest BCUT2D eigenvalue weighted by Crippen LogP contribution is 2.20. The van der Waals surface area contributed by atoms with Crippen LogP contribution in [0.1, 0.15) is 31.4 Å². The van der Waals surface area contributed by atoms with Crippen LogP contribution in [0.4, 0.5) is 5.69 Å². The van der Waals surface area contributed by atoms with Crippen LogP contribution < -0.4 is 10.9 Å². The van der Waals surface area contributed by atoms with Crippen LogP contribution in [0.25, 0.3) is 16.9 Å². The smallest absolute Gasteiger partial charge is 0.255 e. The van der Waals surface area contributed by atoms with E-state index in [0.29, 0.717) is 0 Å². The molecule has 0 radical (unpaired) electrons. The largest absolute Gasteiger partial charge is 0.383 e. The van der Waals surface area contributed by atoms with E-state index in [4.69, 9.17) is 5.41 Å². The minimum atomic E-state index is -0.128. The van der Waals surface area contributed by atoms with Crippen LogP contribution >= 0.6 is 0 Å². The summed E-state index contributed by atoms with van der Waals surface area (Å²) in [6, 6.07) is 13.2. The Labute approximate surface area is 184 Å². The van der Waals surface area contributed by atoms with Gasteiger partial charge < -0.3 is 15.6 Å². The van der Waals surface area contributed by atoms with Crippen molar-refractivity contribution < 1.29 is 0 Å². The molecule has 3 rings (SSSR count). The molecule has 0 amide bonds. The number of nitrogens with zero attached hydrogens (tertiary/aromatic N) is 3. The van der Waals surface area contributed by atoms with Crippen LogP contribution in [0.15, 0.2) is 59.7 Å². The van der Waals surface area contributed by atoms with Crippen LogP contribution in [0.2, 0.25) is 0 Å². The second-order valence-electron chi connectivity index (χ2n) is 7.67. The van der Waals surface area contributed by atoms with E-state index in [1.165, 1.54) is 11.8 Å². The number of hydrogen-bond acceptors (Lipinski definition) is 5. The number of hydrogen-bond donors (Lipinski definition) is 2. The first-order valence-electron chi connectivity index (χ1n) is 10.8. The second kappa shape index (κ2) is 10.7. The van der Waals surface area contributed by atoms with E-state index in [1.807, 2.05) is 42.6 Å². The Morgan fingerprint density at radius 3 is 2.61 bits per heavy atom. The van der Waals surface area contributed by atoms with E-state index < -0.39 is 0 Å². The molecule has 0 atom stereocenters. The fourth-order valence-corrected chi connectivity index (χ4v) is 3.51. The lowest BCUT2D eigenvalue weighted by molar-refractivity contribution is 0.348. The first-order valence-corrected chi connectivity index (χ1v) is 10.8. The van der Waals surface area contributed by atoms with Crippen molar-refractivity contribution in [3.8, 4) is 16.9 Å². The molecule has 0 saturated heterocycles. The summed E-state index contributed by atoms with van der Waals surface area (Å²) in [7, 11) is 2.11. The predicted octanol–water partition coefficient (Wildman–Crippen LogP) is 4.21. The van der Waals surface area contributed by atoms with Crippen molar-refractivity contribution in [1.82, 2.24) is 14.5 Å². The van der Waals surface area contributed by atoms with Crippen LogP contribution in [-0.2, 0) is 6.42 Å². The monoisotopic (exact) mass is 417 g/mol. The molecular weight excluding hydrogens is 386 g/mol. The molecule has 3 aromatic rings. The predicted molar refractivity (Wildman–Crippen MR) is 129 cm³/mol. The van der Waals surface area contributed by atoms with Crippen LogP contribution in [0.5, 0.6) is 0 Å². The third-order valence-corrected chi connectivity index (χ3v) is 5.33. The van der Waals surface area contributed by atoms with Crippen molar-refractivity contribution in [2.45, 2.75) is 26.7 Å². The van der Waals surface area contributed by atoms with Gasteiger partial charge in [-0.1, -0.05) is 19.9 Å². The molecule has 0 spiro atoms. The van der Waals surface area contributed by atoms with Crippen molar-refractivity contribution in [1.29, 1.82) is 5.41 Å². The molecule has 31 heavy (non-hydrogen) atoms. The molecule has 1 aromatic carbocycles. The van der Waals surface area contributed by atoms with Crippen molar-refractivity contribution in [3.05, 3.63) is 76.3 Å². The average molecular weight is 418 g/mol. The minimum Gasteiger partial charge on any atom is -0.383 e. The van der Waals surface area contributed by atoms with Gasteiger partial charge in [0.2, 0.25) is 0 Å². The highest BCUT2D eigenvalue weighted by molar-refractivity contribution is 5.86. The molecule has 0 unspecified atom stereocenters. The topological polar surface area (TPSA) is 74.0 Å². The van der Waals surface area contributed by atoms with Gasteiger partial charge in [-0.25, -0.2) is 0 Å². The number of aryl methyl sites for hydroxylation is 1. The first-order chi connectivity index (χ1) is 15.0. The third kappa shape index (κ3) is 5.67. The standard InChI is InChI=1S/C25H31N5O/c1-4-12-29(3)14-11-27-24-9-7-22(15-21(24)17-26)30-13-10-20(16-25(30)31)23-8-6-19(5-2)18-28-23/h6-10,13,15-18,26-27H,4-5,11-12,14H2,1-3H3. The van der Waals surface area contributed by atoms with Gasteiger partial charge in [-0.2, -0.15) is 0 Å². The number of rotatable bonds is 10. The third-order valence-electron chi connectivity index (χ3n) is 5.33. The zero-order valence-electron chi connectivity index (χ0n) is 18.6. The summed E-state index contributed by atoms with van der Waals surface area (Å²) in [5.74, 6) is 0. The maximum absolute atomic E-state index is 12.8. The average Bonchev–Trinajstić information content (AvgIpc) is 2.79. The summed E-state index contributed by atoms with van der Waals surface area (Å²) in [5.41, 5.74) is 5.01. The summed E-state index contributed by atoms with van der Waals surface area (Å²) in [6.07, 6.45) is 7.00. The van der Waals surface area contributed by atoms with Crippen LogP contribution in [0, 0.1) is 5.41 Å². The van der Waals surface area contributed by atoms with Gasteiger partial charge in [0.1, 0.15) is 0 Å². The number of nitrogens with one attached hydrogen (secondary N) is 2. The Bertz CT molecular complexity index is 1070. The molecule has 162 valence electrons. The Kier molecular flexibility index (Phi) is 7.73. The lowest BCUT2D eigenvalue weighted by Crippen LogP contribution is -2.26. The molecule has 6 nitrogen and oxygen atoms in total. The summed E-state index contributed by atoms with van der Waals surface area (Å²) >= 11 is 0. The van der Waals surface area contributed by atoms with Crippen molar-refractivity contribution in [3.63, 3.8) is 0 Å². The number of anilines is 1. The van der Waals surface area contributed by atoms with Crippen molar-refractivity contribution in [2.24, 2.45) is 0 Å². The van der Waals surface area contributed by atoms with Gasteiger partial charge in [-0.3, -0.25) is 14.3 Å². The van der Waals surface area contributed by atoms with Crippen molar-refractivity contribution >= 4 is 11.9 Å². The van der Waals surface area contributed by atoms with Gasteiger partial charge in [0, 0.05) is 60.3 Å². The first kappa shape index (κ1) is 22.4. The minimum absolute atomic E-state index is 0.128. The molecule has 2 heterocycles. The van der Waals surface area contributed by atoms with E-state index in [1.54, 1.807) is 16.8 Å². The molecule has 0 bridgehead atoms. The molecule has 0 aliphatic carbocycles. The van der Waals surface area contributed by atoms with Gasteiger partial charge in [0.15, 0.2) is 0 Å². The summed E-state index contributed by atoms with van der Waals surface area (Å²) in [4.78, 5) is 19.5. The highest BCUT2D eigenvalue weighted by Gasteiger charge is 2.08. The summed E-state index contributed by atoms with van der Waals surface area (Å²) < 4.78 is 1.59. The molecule has 2 aromatic heterocycles. The molecule has 2 N–H and O–H groups in total. The van der Waals surface area contributed by atoms with Gasteiger partial charge in [0.25, 0.3) is 5.56 Å². The summed E-state index contributed by atoms with van der Waals surface area (Å²) in [6.45, 7) is 7.06. The van der Waals surface area contributed by atoms with Crippen LogP contribution in [0.3, 0.4) is 0 Å². The SMILES string of the molecule is CCCN(C)CCNc1ccc(-n2ccc(-c3ccc(CC)cn3)cc2=O)cc1C=N. The molecule has 0 aliphatic heterocycles. The zero-order valence-corrected chi connectivity index (χ0v) is 18.6. The molecule has 0 aliphatic rings. The lowest BCUT2D eigenvalue weighted by Gasteiger charge is -2.17. The molecule has 6 heteroatoms. The van der Waals surface area contributed by atoms with Crippen LogP contribution in [-0.4, -0.2) is 47.3 Å². The normalized spacial score (nSPS) is 11.0. The highest BCUT2D eigenvalue weighted by atomic mass is 16.1. The fraction of sp³-hybridized carbons (Fsp3) is 0.320. The number of aromatic nitrogens is 2. The van der Waals surface area contributed by atoms with Gasteiger partial charge >= 0.3 is 0 Å². The number of benzene rings is 1. The van der Waals surface area contributed by atoms with E-state index in [9.17, 15) is 4.79 Å². The maximum atomic E-state index is 12.8. The van der Waals surface area contributed by atoms with E-state index in [2.05, 4.69) is 36.1 Å². The van der Waals surface area contributed by atoms with Gasteiger partial charge in [-0.15, -0.1) is 0 Å². The molecule has 0 saturated carbocycles. The summed E-state index contributed by atoms with van der Waals surface area (Å²) in [5, 5.41) is 11.2.